The number of hydrogen-bond donors (Lipinski definition) is 0. The summed E-state index contributed by atoms with van der Waals surface area (Å²) in [5, 5.41) is 5.38. The summed E-state index contributed by atoms with van der Waals surface area (Å²) in [6.45, 7) is 0. The predicted molar refractivity (Wildman–Crippen MR) is 103 cm³/mol. The Kier molecular flexibility index (Phi) is 2.42. The molecule has 22 heavy (non-hydrogen) atoms. The molecule has 2 nitrogen and oxygen atoms in total. The van der Waals surface area contributed by atoms with E-state index in [-0.39, 0.29) is 0 Å². The Morgan fingerprint density at radius 2 is 1.18 bits per heavy atom. The molecular weight excluding hydrogens is 383 g/mol. The number of aryl methyl sites for hydroxylation is 1. The van der Waals surface area contributed by atoms with E-state index in [1.807, 2.05) is 0 Å². The van der Waals surface area contributed by atoms with Crippen LogP contribution in [0.25, 0.3) is 43.6 Å². The van der Waals surface area contributed by atoms with Gasteiger partial charge < -0.3 is 4.57 Å². The molecular formula is C19H13IN2. The lowest BCUT2D eigenvalue weighted by molar-refractivity contribution is 1.01. The minimum absolute atomic E-state index is 1.28. The lowest BCUT2D eigenvalue weighted by atomic mass is 10.1. The van der Waals surface area contributed by atoms with Crippen molar-refractivity contribution in [3.05, 3.63) is 60.7 Å². The first-order valence-corrected chi connectivity index (χ1v) is 8.29. The van der Waals surface area contributed by atoms with E-state index in [1.54, 1.807) is 0 Å². The predicted octanol–water partition coefficient (Wildman–Crippen LogP) is 5.64. The monoisotopic (exact) mass is 396 g/mol. The van der Waals surface area contributed by atoms with E-state index >= 15 is 0 Å². The maximum Gasteiger partial charge on any atom is 0.0646 e. The number of nitrogens with zero attached hydrogens (tertiary/aromatic N) is 2. The van der Waals surface area contributed by atoms with Crippen molar-refractivity contribution in [3.63, 3.8) is 0 Å². The molecule has 5 aromatic rings. The van der Waals surface area contributed by atoms with Crippen LogP contribution < -0.4 is 0 Å². The van der Waals surface area contributed by atoms with Gasteiger partial charge in [0.05, 0.1) is 33.9 Å². The van der Waals surface area contributed by atoms with Crippen LogP contribution in [0.4, 0.5) is 0 Å². The van der Waals surface area contributed by atoms with Crippen molar-refractivity contribution in [2.75, 3.05) is 0 Å². The Morgan fingerprint density at radius 3 is 1.95 bits per heavy atom. The number of hydrogen-bond acceptors (Lipinski definition) is 0. The van der Waals surface area contributed by atoms with Crippen molar-refractivity contribution in [2.24, 2.45) is 7.05 Å². The van der Waals surface area contributed by atoms with Crippen molar-refractivity contribution >= 4 is 66.5 Å². The second-order valence-corrected chi connectivity index (χ2v) is 6.69. The van der Waals surface area contributed by atoms with Gasteiger partial charge in [-0.1, -0.05) is 36.4 Å². The van der Waals surface area contributed by atoms with Crippen molar-refractivity contribution in [1.29, 1.82) is 0 Å². The molecule has 0 bridgehead atoms. The minimum Gasteiger partial charge on any atom is -0.344 e. The molecule has 0 fully saturated rings. The molecule has 5 rings (SSSR count). The van der Waals surface area contributed by atoms with Crippen LogP contribution in [0.5, 0.6) is 0 Å². The summed E-state index contributed by atoms with van der Waals surface area (Å²) >= 11 is 2.40. The molecule has 0 aliphatic rings. The molecule has 0 amide bonds. The molecule has 2 heterocycles. The summed E-state index contributed by atoms with van der Waals surface area (Å²) in [5.41, 5.74) is 5.14. The molecule has 0 atom stereocenters. The van der Waals surface area contributed by atoms with E-state index in [1.165, 1.54) is 43.6 Å². The molecule has 0 radical (unpaired) electrons. The highest BCUT2D eigenvalue weighted by Gasteiger charge is 2.16. The van der Waals surface area contributed by atoms with E-state index in [2.05, 4.69) is 97.9 Å². The fraction of sp³-hybridized carbons (Fsp3) is 0.0526. The number of fused-ring (bicyclic) bond motifs is 7. The van der Waals surface area contributed by atoms with Gasteiger partial charge in [0.15, 0.2) is 0 Å². The minimum atomic E-state index is 1.28. The Labute approximate surface area is 141 Å². The van der Waals surface area contributed by atoms with Crippen LogP contribution in [0.15, 0.2) is 60.7 Å². The highest BCUT2D eigenvalue weighted by atomic mass is 127. The second-order valence-electron chi connectivity index (χ2n) is 5.73. The zero-order valence-electron chi connectivity index (χ0n) is 12.0. The van der Waals surface area contributed by atoms with Crippen LogP contribution in [0.2, 0.25) is 0 Å². The molecule has 0 aliphatic heterocycles. The summed E-state index contributed by atoms with van der Waals surface area (Å²) in [7, 11) is 2.15. The fourth-order valence-electron chi connectivity index (χ4n) is 3.66. The number of aromatic nitrogens is 2. The molecule has 0 spiro atoms. The van der Waals surface area contributed by atoms with E-state index in [0.29, 0.717) is 0 Å². The van der Waals surface area contributed by atoms with Gasteiger partial charge in [0.1, 0.15) is 0 Å². The Morgan fingerprint density at radius 1 is 0.636 bits per heavy atom. The molecule has 0 aliphatic carbocycles. The van der Waals surface area contributed by atoms with Crippen LogP contribution >= 0.6 is 22.9 Å². The number of rotatable bonds is 0. The SMILES string of the molecule is Cn1c2ccccc2c2c3c4ccccc4n(I)c3ccc21. The van der Waals surface area contributed by atoms with E-state index in [4.69, 9.17) is 0 Å². The van der Waals surface area contributed by atoms with Gasteiger partial charge in [-0.15, -0.1) is 0 Å². The third-order valence-corrected chi connectivity index (χ3v) is 5.69. The summed E-state index contributed by atoms with van der Waals surface area (Å²) < 4.78 is 4.56. The summed E-state index contributed by atoms with van der Waals surface area (Å²) in [6.07, 6.45) is 0. The molecule has 3 aromatic carbocycles. The maximum atomic E-state index is 2.40. The highest BCUT2D eigenvalue weighted by Crippen LogP contribution is 2.40. The van der Waals surface area contributed by atoms with Crippen molar-refractivity contribution in [3.8, 4) is 0 Å². The molecule has 0 unspecified atom stereocenters. The van der Waals surface area contributed by atoms with E-state index in [0.717, 1.165) is 0 Å². The van der Waals surface area contributed by atoms with Gasteiger partial charge in [0.25, 0.3) is 0 Å². The fourth-order valence-corrected chi connectivity index (χ4v) is 4.49. The molecule has 0 N–H and O–H groups in total. The maximum absolute atomic E-state index is 2.40. The first kappa shape index (κ1) is 12.5. The molecule has 0 saturated heterocycles. The zero-order chi connectivity index (χ0) is 14.8. The Hall–Kier alpha value is -2.01. The second kappa shape index (κ2) is 4.26. The first-order chi connectivity index (χ1) is 10.8. The van der Waals surface area contributed by atoms with Gasteiger partial charge in [-0.05, 0) is 24.3 Å². The third-order valence-electron chi connectivity index (χ3n) is 4.65. The molecule has 3 heteroatoms. The number of para-hydroxylation sites is 2. The topological polar surface area (TPSA) is 9.86 Å². The van der Waals surface area contributed by atoms with Crippen molar-refractivity contribution < 1.29 is 0 Å². The quantitative estimate of drug-likeness (QED) is 0.300. The van der Waals surface area contributed by atoms with Crippen LogP contribution in [0.3, 0.4) is 0 Å². The van der Waals surface area contributed by atoms with Crippen molar-refractivity contribution in [1.82, 2.24) is 7.35 Å². The smallest absolute Gasteiger partial charge is 0.0646 e. The van der Waals surface area contributed by atoms with E-state index < -0.39 is 0 Å². The molecule has 106 valence electrons. The van der Waals surface area contributed by atoms with E-state index in [9.17, 15) is 0 Å². The van der Waals surface area contributed by atoms with Gasteiger partial charge in [0, 0.05) is 39.6 Å². The zero-order valence-corrected chi connectivity index (χ0v) is 14.2. The van der Waals surface area contributed by atoms with Gasteiger partial charge in [-0.2, -0.15) is 0 Å². The standard InChI is InChI=1S/C19H13IN2/c1-21-14-8-4-2-6-12(14)18-16(21)10-11-17-19(18)13-7-3-5-9-15(13)22(17)20/h2-11H,1H3. The van der Waals surface area contributed by atoms with Crippen LogP contribution in [-0.4, -0.2) is 7.35 Å². The van der Waals surface area contributed by atoms with Crippen molar-refractivity contribution in [2.45, 2.75) is 0 Å². The van der Waals surface area contributed by atoms with Crippen LogP contribution in [0, 0.1) is 0 Å². The number of halogens is 1. The lowest BCUT2D eigenvalue weighted by Crippen LogP contribution is -1.85. The summed E-state index contributed by atoms with van der Waals surface area (Å²) in [6, 6.07) is 21.8. The van der Waals surface area contributed by atoms with Gasteiger partial charge in [0.2, 0.25) is 0 Å². The summed E-state index contributed by atoms with van der Waals surface area (Å²) in [4.78, 5) is 0. The Bertz CT molecular complexity index is 1100. The van der Waals surface area contributed by atoms with Gasteiger partial charge >= 0.3 is 0 Å². The Balaban J connectivity index is 2.22. The summed E-state index contributed by atoms with van der Waals surface area (Å²) in [5.74, 6) is 0. The molecule has 0 saturated carbocycles. The largest absolute Gasteiger partial charge is 0.344 e. The average Bonchev–Trinajstić information content (AvgIpc) is 3.02. The third kappa shape index (κ3) is 1.40. The van der Waals surface area contributed by atoms with Crippen LogP contribution in [-0.2, 0) is 7.05 Å². The first-order valence-electron chi connectivity index (χ1n) is 7.33. The van der Waals surface area contributed by atoms with Crippen LogP contribution in [0.1, 0.15) is 0 Å². The normalized spacial score (nSPS) is 12.1. The van der Waals surface area contributed by atoms with Gasteiger partial charge in [-0.3, -0.25) is 2.78 Å². The molecule has 2 aromatic heterocycles. The lowest BCUT2D eigenvalue weighted by Gasteiger charge is -1.99. The number of benzene rings is 3. The highest BCUT2D eigenvalue weighted by molar-refractivity contribution is 14.1. The average molecular weight is 396 g/mol. The van der Waals surface area contributed by atoms with Gasteiger partial charge in [-0.25, -0.2) is 0 Å².